The average molecular weight is 375 g/mol. The molecular formula is C20H29N3O4. The van der Waals surface area contributed by atoms with Gasteiger partial charge in [0.1, 0.15) is 24.2 Å². The zero-order chi connectivity index (χ0) is 19.9. The standard InChI is InChI=1S/C20H29N3O4/c1-6-26-15-7-8-16(17-9-10-19(25-5)23-22-17)18(11-15)27-13-14(24)12-21-20(2,3)4/h7-11,14,21,24H,6,12-13H2,1-5H3. The number of benzene rings is 1. The molecule has 1 atom stereocenters. The van der Waals surface area contributed by atoms with E-state index in [4.69, 9.17) is 14.2 Å². The molecule has 0 bridgehead atoms. The lowest BCUT2D eigenvalue weighted by Crippen LogP contribution is -2.42. The molecule has 0 amide bonds. The summed E-state index contributed by atoms with van der Waals surface area (Å²) in [7, 11) is 1.54. The maximum Gasteiger partial charge on any atom is 0.233 e. The van der Waals surface area contributed by atoms with Crippen LogP contribution in [-0.2, 0) is 0 Å². The van der Waals surface area contributed by atoms with Gasteiger partial charge in [0.15, 0.2) is 0 Å². The fraction of sp³-hybridized carbons (Fsp3) is 0.500. The third kappa shape index (κ3) is 6.69. The monoisotopic (exact) mass is 375 g/mol. The number of nitrogens with zero attached hydrogens (tertiary/aromatic N) is 2. The SMILES string of the molecule is CCOc1ccc(-c2ccc(OC)nn2)c(OCC(O)CNC(C)(C)C)c1. The first kappa shape index (κ1) is 20.9. The van der Waals surface area contributed by atoms with E-state index in [1.54, 1.807) is 19.2 Å². The van der Waals surface area contributed by atoms with Crippen molar-refractivity contribution in [3.05, 3.63) is 30.3 Å². The normalized spacial score (nSPS) is 12.5. The Bertz CT molecular complexity index is 714. The largest absolute Gasteiger partial charge is 0.494 e. The maximum atomic E-state index is 10.2. The minimum absolute atomic E-state index is 0.0697. The molecule has 2 aromatic rings. The van der Waals surface area contributed by atoms with E-state index in [0.717, 1.165) is 5.56 Å². The highest BCUT2D eigenvalue weighted by Gasteiger charge is 2.15. The van der Waals surface area contributed by atoms with E-state index in [9.17, 15) is 5.11 Å². The molecule has 0 radical (unpaired) electrons. The molecule has 0 fully saturated rings. The van der Waals surface area contributed by atoms with Crippen molar-refractivity contribution in [2.24, 2.45) is 0 Å². The van der Waals surface area contributed by atoms with Crippen LogP contribution in [0.2, 0.25) is 0 Å². The molecule has 0 spiro atoms. The molecule has 0 aliphatic carbocycles. The highest BCUT2D eigenvalue weighted by Crippen LogP contribution is 2.32. The van der Waals surface area contributed by atoms with Gasteiger partial charge in [0.05, 0.1) is 19.4 Å². The Kier molecular flexibility index (Phi) is 7.38. The molecule has 0 saturated heterocycles. The molecule has 2 N–H and O–H groups in total. The Morgan fingerprint density at radius 2 is 1.89 bits per heavy atom. The van der Waals surface area contributed by atoms with E-state index in [1.165, 1.54) is 0 Å². The molecule has 1 aromatic heterocycles. The number of hydrogen-bond acceptors (Lipinski definition) is 7. The second-order valence-electron chi connectivity index (χ2n) is 7.15. The topological polar surface area (TPSA) is 85.7 Å². The number of aliphatic hydroxyl groups excluding tert-OH is 1. The minimum atomic E-state index is -0.644. The molecule has 7 heteroatoms. The Balaban J connectivity index is 2.16. The second-order valence-corrected chi connectivity index (χ2v) is 7.15. The van der Waals surface area contributed by atoms with Crippen molar-refractivity contribution in [2.75, 3.05) is 26.9 Å². The highest BCUT2D eigenvalue weighted by molar-refractivity contribution is 5.68. The predicted molar refractivity (Wildman–Crippen MR) is 104 cm³/mol. The molecule has 27 heavy (non-hydrogen) atoms. The lowest BCUT2D eigenvalue weighted by molar-refractivity contribution is 0.100. The average Bonchev–Trinajstić information content (AvgIpc) is 2.65. The molecule has 2 rings (SSSR count). The number of hydrogen-bond donors (Lipinski definition) is 2. The second kappa shape index (κ2) is 9.53. The summed E-state index contributed by atoms with van der Waals surface area (Å²) >= 11 is 0. The van der Waals surface area contributed by atoms with Gasteiger partial charge in [-0.1, -0.05) is 0 Å². The van der Waals surface area contributed by atoms with E-state index in [2.05, 4.69) is 15.5 Å². The van der Waals surface area contributed by atoms with Gasteiger partial charge in [-0.3, -0.25) is 0 Å². The quantitative estimate of drug-likeness (QED) is 0.697. The smallest absolute Gasteiger partial charge is 0.233 e. The lowest BCUT2D eigenvalue weighted by Gasteiger charge is -2.23. The fourth-order valence-corrected chi connectivity index (χ4v) is 2.33. The predicted octanol–water partition coefficient (Wildman–Crippen LogP) is 2.68. The molecule has 1 heterocycles. The van der Waals surface area contributed by atoms with Gasteiger partial charge in [-0.15, -0.1) is 10.2 Å². The van der Waals surface area contributed by atoms with Crippen molar-refractivity contribution in [1.82, 2.24) is 15.5 Å². The number of aliphatic hydroxyl groups is 1. The van der Waals surface area contributed by atoms with Gasteiger partial charge in [0, 0.05) is 29.8 Å². The van der Waals surface area contributed by atoms with Crippen molar-refractivity contribution in [3.63, 3.8) is 0 Å². The van der Waals surface area contributed by atoms with Crippen LogP contribution in [0.5, 0.6) is 17.4 Å². The third-order valence-electron chi connectivity index (χ3n) is 3.69. The molecule has 148 valence electrons. The molecule has 0 aliphatic rings. The summed E-state index contributed by atoms with van der Waals surface area (Å²) < 4.78 is 16.5. The van der Waals surface area contributed by atoms with Gasteiger partial charge < -0.3 is 24.6 Å². The van der Waals surface area contributed by atoms with Gasteiger partial charge in [-0.25, -0.2) is 0 Å². The van der Waals surface area contributed by atoms with Crippen molar-refractivity contribution < 1.29 is 19.3 Å². The van der Waals surface area contributed by atoms with Gasteiger partial charge in [-0.05, 0) is 45.9 Å². The van der Waals surface area contributed by atoms with Gasteiger partial charge in [0.25, 0.3) is 0 Å². The summed E-state index contributed by atoms with van der Waals surface area (Å²) in [6.45, 7) is 9.21. The van der Waals surface area contributed by atoms with E-state index in [1.807, 2.05) is 45.9 Å². The first-order chi connectivity index (χ1) is 12.8. The van der Waals surface area contributed by atoms with Crippen molar-refractivity contribution in [2.45, 2.75) is 39.3 Å². The molecule has 7 nitrogen and oxygen atoms in total. The Morgan fingerprint density at radius 1 is 1.11 bits per heavy atom. The van der Waals surface area contributed by atoms with Crippen LogP contribution in [0.4, 0.5) is 0 Å². The summed E-state index contributed by atoms with van der Waals surface area (Å²) in [6.07, 6.45) is -0.644. The molecule has 1 unspecified atom stereocenters. The third-order valence-corrected chi connectivity index (χ3v) is 3.69. The lowest BCUT2D eigenvalue weighted by atomic mass is 10.1. The van der Waals surface area contributed by atoms with E-state index < -0.39 is 6.10 Å². The van der Waals surface area contributed by atoms with Crippen LogP contribution < -0.4 is 19.5 Å². The van der Waals surface area contributed by atoms with Gasteiger partial charge >= 0.3 is 0 Å². The van der Waals surface area contributed by atoms with Crippen LogP contribution in [0, 0.1) is 0 Å². The van der Waals surface area contributed by atoms with Crippen molar-refractivity contribution >= 4 is 0 Å². The molecule has 0 aliphatic heterocycles. The Labute approximate surface area is 160 Å². The number of rotatable bonds is 9. The van der Waals surface area contributed by atoms with Gasteiger partial charge in [0.2, 0.25) is 5.88 Å². The van der Waals surface area contributed by atoms with Crippen LogP contribution in [-0.4, -0.2) is 53.8 Å². The van der Waals surface area contributed by atoms with Crippen LogP contribution in [0.1, 0.15) is 27.7 Å². The van der Waals surface area contributed by atoms with E-state index >= 15 is 0 Å². The van der Waals surface area contributed by atoms with Crippen molar-refractivity contribution in [1.29, 1.82) is 0 Å². The summed E-state index contributed by atoms with van der Waals surface area (Å²) in [4.78, 5) is 0. The summed E-state index contributed by atoms with van der Waals surface area (Å²) in [5.74, 6) is 1.71. The molecule has 1 aromatic carbocycles. The van der Waals surface area contributed by atoms with E-state index in [0.29, 0.717) is 36.2 Å². The zero-order valence-corrected chi connectivity index (χ0v) is 16.7. The zero-order valence-electron chi connectivity index (χ0n) is 16.7. The van der Waals surface area contributed by atoms with Crippen LogP contribution in [0.15, 0.2) is 30.3 Å². The first-order valence-electron chi connectivity index (χ1n) is 9.03. The van der Waals surface area contributed by atoms with Gasteiger partial charge in [-0.2, -0.15) is 0 Å². The van der Waals surface area contributed by atoms with Crippen LogP contribution in [0.3, 0.4) is 0 Å². The number of ether oxygens (including phenoxy) is 3. The molecule has 0 saturated carbocycles. The number of nitrogens with one attached hydrogen (secondary N) is 1. The Morgan fingerprint density at radius 3 is 2.48 bits per heavy atom. The Hall–Kier alpha value is -2.38. The van der Waals surface area contributed by atoms with E-state index in [-0.39, 0.29) is 12.1 Å². The number of methoxy groups -OCH3 is 1. The number of β-amino-alcohol motifs (C(OH)–C–C–N with tert-alkyl or cyclic N) is 1. The fourth-order valence-electron chi connectivity index (χ4n) is 2.33. The highest BCUT2D eigenvalue weighted by atomic mass is 16.5. The van der Waals surface area contributed by atoms with Crippen LogP contribution >= 0.6 is 0 Å². The maximum absolute atomic E-state index is 10.2. The molecular weight excluding hydrogens is 346 g/mol. The summed E-state index contributed by atoms with van der Waals surface area (Å²) in [5.41, 5.74) is 1.35. The number of aromatic nitrogens is 2. The summed E-state index contributed by atoms with van der Waals surface area (Å²) in [6, 6.07) is 9.08. The summed E-state index contributed by atoms with van der Waals surface area (Å²) in [5, 5.41) is 21.7. The minimum Gasteiger partial charge on any atom is -0.494 e. The van der Waals surface area contributed by atoms with Crippen LogP contribution in [0.25, 0.3) is 11.3 Å². The van der Waals surface area contributed by atoms with Crippen molar-refractivity contribution in [3.8, 4) is 28.6 Å². The first-order valence-corrected chi connectivity index (χ1v) is 9.03.